The first-order valence-corrected chi connectivity index (χ1v) is 8.03. The SMILES string of the molecule is CC1=CC(C)(C)Nc2ccc3c(c21)C(O)Oc1ccc(Cl)cc1-3. The predicted octanol–water partition coefficient (Wildman–Crippen LogP) is 5.00. The monoisotopic (exact) mass is 327 g/mol. The fourth-order valence-electron chi connectivity index (χ4n) is 3.63. The van der Waals surface area contributed by atoms with Gasteiger partial charge in [-0.1, -0.05) is 23.7 Å². The molecule has 3 nitrogen and oxygen atoms in total. The Morgan fingerprint density at radius 1 is 1.17 bits per heavy atom. The molecule has 1 unspecified atom stereocenters. The quantitative estimate of drug-likeness (QED) is 0.715. The molecule has 2 aromatic carbocycles. The van der Waals surface area contributed by atoms with E-state index >= 15 is 0 Å². The fourth-order valence-corrected chi connectivity index (χ4v) is 3.80. The summed E-state index contributed by atoms with van der Waals surface area (Å²) in [5.41, 5.74) is 5.73. The number of fused-ring (bicyclic) bond motifs is 5. The lowest BCUT2D eigenvalue weighted by Crippen LogP contribution is -2.32. The third-order valence-corrected chi connectivity index (χ3v) is 4.63. The van der Waals surface area contributed by atoms with Crippen molar-refractivity contribution in [2.75, 3.05) is 5.32 Å². The largest absolute Gasteiger partial charge is 0.460 e. The summed E-state index contributed by atoms with van der Waals surface area (Å²) in [4.78, 5) is 0. The maximum absolute atomic E-state index is 10.6. The lowest BCUT2D eigenvalue weighted by molar-refractivity contribution is -0.0214. The highest BCUT2D eigenvalue weighted by atomic mass is 35.5. The molecule has 0 spiro atoms. The predicted molar refractivity (Wildman–Crippen MR) is 93.8 cm³/mol. The number of halogens is 1. The molecule has 0 amide bonds. The van der Waals surface area contributed by atoms with E-state index in [0.717, 1.165) is 33.5 Å². The normalized spacial score (nSPS) is 20.4. The van der Waals surface area contributed by atoms with Gasteiger partial charge >= 0.3 is 0 Å². The van der Waals surface area contributed by atoms with Crippen LogP contribution in [-0.4, -0.2) is 10.6 Å². The standard InChI is InChI=1S/C19H18ClNO2/c1-10-9-19(2,3)21-14-6-5-12-13-8-11(20)4-7-15(13)23-18(22)17(12)16(10)14/h4-9,18,21-22H,1-3H3. The zero-order valence-electron chi connectivity index (χ0n) is 13.3. The zero-order chi connectivity index (χ0) is 16.4. The minimum Gasteiger partial charge on any atom is -0.460 e. The van der Waals surface area contributed by atoms with Gasteiger partial charge in [0.1, 0.15) is 5.75 Å². The van der Waals surface area contributed by atoms with Gasteiger partial charge in [0.25, 0.3) is 0 Å². The number of anilines is 1. The molecular weight excluding hydrogens is 310 g/mol. The van der Waals surface area contributed by atoms with Gasteiger partial charge in [-0.25, -0.2) is 0 Å². The van der Waals surface area contributed by atoms with E-state index in [4.69, 9.17) is 16.3 Å². The second-order valence-corrected chi connectivity index (χ2v) is 7.17. The van der Waals surface area contributed by atoms with Crippen LogP contribution in [0.1, 0.15) is 38.2 Å². The molecule has 2 aliphatic heterocycles. The molecule has 118 valence electrons. The number of rotatable bonds is 0. The van der Waals surface area contributed by atoms with Crippen molar-refractivity contribution >= 4 is 22.9 Å². The molecule has 2 aliphatic rings. The smallest absolute Gasteiger partial charge is 0.225 e. The summed E-state index contributed by atoms with van der Waals surface area (Å²) in [6, 6.07) is 9.54. The van der Waals surface area contributed by atoms with Crippen molar-refractivity contribution in [1.82, 2.24) is 0 Å². The Bertz CT molecular complexity index is 855. The summed E-state index contributed by atoms with van der Waals surface area (Å²) in [7, 11) is 0. The van der Waals surface area contributed by atoms with Gasteiger partial charge in [0.05, 0.1) is 5.54 Å². The lowest BCUT2D eigenvalue weighted by Gasteiger charge is -2.35. The molecule has 23 heavy (non-hydrogen) atoms. The molecule has 0 saturated heterocycles. The van der Waals surface area contributed by atoms with Crippen LogP contribution in [0.4, 0.5) is 5.69 Å². The maximum atomic E-state index is 10.6. The van der Waals surface area contributed by atoms with Crippen LogP contribution in [0, 0.1) is 0 Å². The van der Waals surface area contributed by atoms with E-state index in [0.29, 0.717) is 10.8 Å². The molecule has 4 heteroatoms. The highest BCUT2D eigenvalue weighted by Gasteiger charge is 2.32. The Labute approximate surface area is 140 Å². The summed E-state index contributed by atoms with van der Waals surface area (Å²) in [6.07, 6.45) is 1.19. The Hall–Kier alpha value is -1.97. The third kappa shape index (κ3) is 2.23. The lowest BCUT2D eigenvalue weighted by atomic mass is 9.84. The average Bonchev–Trinajstić information content (AvgIpc) is 2.46. The molecule has 2 heterocycles. The Balaban J connectivity index is 2.01. The van der Waals surface area contributed by atoms with E-state index in [2.05, 4.69) is 38.2 Å². The first-order chi connectivity index (χ1) is 10.9. The second-order valence-electron chi connectivity index (χ2n) is 6.73. The first-order valence-electron chi connectivity index (χ1n) is 7.65. The van der Waals surface area contributed by atoms with Crippen molar-refractivity contribution in [3.8, 4) is 16.9 Å². The van der Waals surface area contributed by atoms with Crippen molar-refractivity contribution in [3.63, 3.8) is 0 Å². The van der Waals surface area contributed by atoms with Gasteiger partial charge in [0, 0.05) is 27.4 Å². The molecule has 2 N–H and O–H groups in total. The van der Waals surface area contributed by atoms with Crippen molar-refractivity contribution in [2.24, 2.45) is 0 Å². The summed E-state index contributed by atoms with van der Waals surface area (Å²) in [5.74, 6) is 0.653. The van der Waals surface area contributed by atoms with Crippen LogP contribution in [0.3, 0.4) is 0 Å². The van der Waals surface area contributed by atoms with Crippen LogP contribution < -0.4 is 10.1 Å². The molecule has 0 aromatic heterocycles. The number of hydrogen-bond donors (Lipinski definition) is 2. The number of allylic oxidation sites excluding steroid dienone is 1. The van der Waals surface area contributed by atoms with Gasteiger partial charge in [0.15, 0.2) is 0 Å². The number of hydrogen-bond acceptors (Lipinski definition) is 3. The van der Waals surface area contributed by atoms with E-state index in [1.165, 1.54) is 0 Å². The molecule has 1 atom stereocenters. The van der Waals surface area contributed by atoms with E-state index in [9.17, 15) is 5.11 Å². The molecule has 0 fully saturated rings. The minimum atomic E-state index is -0.986. The summed E-state index contributed by atoms with van der Waals surface area (Å²) in [5, 5.41) is 14.7. The summed E-state index contributed by atoms with van der Waals surface area (Å²) >= 11 is 6.15. The number of aliphatic hydroxyl groups is 1. The van der Waals surface area contributed by atoms with Crippen LogP contribution in [0.25, 0.3) is 16.7 Å². The van der Waals surface area contributed by atoms with E-state index < -0.39 is 6.29 Å². The molecule has 0 radical (unpaired) electrons. The fraction of sp³-hybridized carbons (Fsp3) is 0.263. The van der Waals surface area contributed by atoms with Gasteiger partial charge in [-0.3, -0.25) is 0 Å². The van der Waals surface area contributed by atoms with Crippen molar-refractivity contribution in [1.29, 1.82) is 0 Å². The van der Waals surface area contributed by atoms with Crippen LogP contribution in [0.15, 0.2) is 36.4 Å². The topological polar surface area (TPSA) is 41.5 Å². The van der Waals surface area contributed by atoms with Crippen LogP contribution >= 0.6 is 11.6 Å². The summed E-state index contributed by atoms with van der Waals surface area (Å²) in [6.45, 7) is 6.32. The molecule has 0 bridgehead atoms. The Morgan fingerprint density at radius 3 is 2.74 bits per heavy atom. The number of ether oxygens (including phenoxy) is 1. The van der Waals surface area contributed by atoms with Gasteiger partial charge in [-0.15, -0.1) is 0 Å². The summed E-state index contributed by atoms with van der Waals surface area (Å²) < 4.78 is 5.72. The van der Waals surface area contributed by atoms with Crippen molar-refractivity contribution in [3.05, 3.63) is 52.6 Å². The average molecular weight is 328 g/mol. The maximum Gasteiger partial charge on any atom is 0.225 e. The Kier molecular flexibility index (Phi) is 3.03. The highest BCUT2D eigenvalue weighted by Crippen LogP contribution is 2.48. The highest BCUT2D eigenvalue weighted by molar-refractivity contribution is 6.31. The van der Waals surface area contributed by atoms with E-state index in [-0.39, 0.29) is 5.54 Å². The van der Waals surface area contributed by atoms with Crippen molar-refractivity contribution < 1.29 is 9.84 Å². The van der Waals surface area contributed by atoms with Crippen LogP contribution in [-0.2, 0) is 0 Å². The third-order valence-electron chi connectivity index (χ3n) is 4.39. The van der Waals surface area contributed by atoms with Crippen molar-refractivity contribution in [2.45, 2.75) is 32.6 Å². The van der Waals surface area contributed by atoms with Gasteiger partial charge < -0.3 is 15.2 Å². The number of benzene rings is 2. The van der Waals surface area contributed by atoms with Gasteiger partial charge in [-0.2, -0.15) is 0 Å². The zero-order valence-corrected chi connectivity index (χ0v) is 14.0. The first kappa shape index (κ1) is 14.6. The second kappa shape index (κ2) is 4.76. The molecule has 0 saturated carbocycles. The van der Waals surface area contributed by atoms with Gasteiger partial charge in [-0.05, 0) is 56.2 Å². The molecule has 0 aliphatic carbocycles. The van der Waals surface area contributed by atoms with Crippen LogP contribution in [0.5, 0.6) is 5.75 Å². The van der Waals surface area contributed by atoms with Crippen LogP contribution in [0.2, 0.25) is 5.02 Å². The minimum absolute atomic E-state index is 0.118. The molecule has 2 aromatic rings. The van der Waals surface area contributed by atoms with E-state index in [1.54, 1.807) is 12.1 Å². The van der Waals surface area contributed by atoms with E-state index in [1.807, 2.05) is 12.1 Å². The number of aliphatic hydroxyl groups excluding tert-OH is 1. The number of nitrogens with one attached hydrogen (secondary N) is 1. The van der Waals surface area contributed by atoms with Gasteiger partial charge in [0.2, 0.25) is 6.29 Å². The molecular formula is C19H18ClNO2. The Morgan fingerprint density at radius 2 is 1.96 bits per heavy atom. The molecule has 4 rings (SSSR count).